The van der Waals surface area contributed by atoms with Gasteiger partial charge in [0.05, 0.1) is 19.3 Å². The van der Waals surface area contributed by atoms with Gasteiger partial charge in [0.1, 0.15) is 17.5 Å². The maximum atomic E-state index is 12.2. The third-order valence-corrected chi connectivity index (χ3v) is 3.91. The van der Waals surface area contributed by atoms with Gasteiger partial charge in [0.2, 0.25) is 0 Å². The van der Waals surface area contributed by atoms with Crippen molar-refractivity contribution in [3.05, 3.63) is 34.2 Å². The summed E-state index contributed by atoms with van der Waals surface area (Å²) in [5.74, 6) is -0.786. The lowest BCUT2D eigenvalue weighted by Crippen LogP contribution is -2.18. The third-order valence-electron chi connectivity index (χ3n) is 3.91. The number of pyridine rings is 1. The number of esters is 2. The fraction of sp³-hybridized carbons (Fsp3) is 0.444. The maximum Gasteiger partial charge on any atom is 0.339 e. The van der Waals surface area contributed by atoms with Crippen molar-refractivity contribution in [2.75, 3.05) is 19.0 Å². The number of nitriles is 1. The van der Waals surface area contributed by atoms with Gasteiger partial charge in [0.15, 0.2) is 0 Å². The van der Waals surface area contributed by atoms with Crippen LogP contribution in [0.1, 0.15) is 53.9 Å². The van der Waals surface area contributed by atoms with Crippen LogP contribution in [-0.2, 0) is 27.1 Å². The van der Waals surface area contributed by atoms with Crippen molar-refractivity contribution in [3.8, 4) is 6.07 Å². The summed E-state index contributed by atoms with van der Waals surface area (Å²) < 4.78 is 9.73. The topological polar surface area (TPSA) is 101 Å². The molecule has 0 aromatic carbocycles. The average molecular weight is 343 g/mol. The van der Waals surface area contributed by atoms with Gasteiger partial charge in [-0.05, 0) is 45.1 Å². The number of nitrogens with one attached hydrogen (secondary N) is 1. The molecule has 0 spiro atoms. The number of aromatic nitrogens is 1. The molecule has 7 heteroatoms. The van der Waals surface area contributed by atoms with Crippen molar-refractivity contribution >= 4 is 17.8 Å². The molecule has 0 aliphatic heterocycles. The first kappa shape index (κ1) is 18.5. The Morgan fingerprint density at radius 3 is 2.72 bits per heavy atom. The number of anilines is 1. The molecule has 132 valence electrons. The molecule has 0 atom stereocenters. The molecule has 7 nitrogen and oxygen atoms in total. The van der Waals surface area contributed by atoms with Gasteiger partial charge in [0, 0.05) is 17.5 Å². The molecule has 0 bridgehead atoms. The maximum absolute atomic E-state index is 12.2. The van der Waals surface area contributed by atoms with E-state index in [2.05, 4.69) is 10.3 Å². The van der Waals surface area contributed by atoms with Crippen LogP contribution in [0.3, 0.4) is 0 Å². The lowest BCUT2D eigenvalue weighted by atomic mass is 9.89. The van der Waals surface area contributed by atoms with E-state index in [0.717, 1.165) is 30.5 Å². The fourth-order valence-corrected chi connectivity index (χ4v) is 2.85. The monoisotopic (exact) mass is 343 g/mol. The van der Waals surface area contributed by atoms with Crippen LogP contribution in [0.15, 0.2) is 11.8 Å². The molecule has 0 amide bonds. The van der Waals surface area contributed by atoms with E-state index in [9.17, 15) is 14.9 Å². The molecule has 1 aromatic rings. The van der Waals surface area contributed by atoms with Gasteiger partial charge < -0.3 is 14.8 Å². The number of allylic oxidation sites excluding steroid dienone is 1. The minimum atomic E-state index is -0.549. The second kappa shape index (κ2) is 8.29. The highest BCUT2D eigenvalue weighted by Gasteiger charge is 2.26. The highest BCUT2D eigenvalue weighted by molar-refractivity contribution is 5.96. The number of hydrogen-bond donors (Lipinski definition) is 1. The zero-order chi connectivity index (χ0) is 18.4. The summed E-state index contributed by atoms with van der Waals surface area (Å²) in [7, 11) is 1.29. The van der Waals surface area contributed by atoms with Gasteiger partial charge in [-0.2, -0.15) is 5.26 Å². The summed E-state index contributed by atoms with van der Waals surface area (Å²) >= 11 is 0. The van der Waals surface area contributed by atoms with Crippen molar-refractivity contribution in [3.63, 3.8) is 0 Å². The zero-order valence-corrected chi connectivity index (χ0v) is 14.6. The van der Waals surface area contributed by atoms with Crippen LogP contribution in [0.4, 0.5) is 5.82 Å². The van der Waals surface area contributed by atoms with E-state index in [1.807, 2.05) is 6.07 Å². The average Bonchev–Trinajstić information content (AvgIpc) is 2.59. The molecule has 0 saturated heterocycles. The Labute approximate surface area is 146 Å². The normalized spacial score (nSPS) is 13.4. The quantitative estimate of drug-likeness (QED) is 0.647. The molecule has 1 aromatic heterocycles. The number of carbonyl (C=O) groups is 2. The molecule has 0 radical (unpaired) electrons. The number of rotatable bonds is 5. The Morgan fingerprint density at radius 2 is 2.08 bits per heavy atom. The van der Waals surface area contributed by atoms with Crippen molar-refractivity contribution in [1.82, 2.24) is 4.98 Å². The molecular formula is C18H21N3O4. The predicted molar refractivity (Wildman–Crippen MR) is 90.9 cm³/mol. The van der Waals surface area contributed by atoms with Crippen molar-refractivity contribution in [2.24, 2.45) is 0 Å². The summed E-state index contributed by atoms with van der Waals surface area (Å²) in [6, 6.07) is 2.04. The van der Waals surface area contributed by atoms with Gasteiger partial charge in [-0.15, -0.1) is 0 Å². The van der Waals surface area contributed by atoms with Gasteiger partial charge >= 0.3 is 11.9 Å². The number of ether oxygens (including phenoxy) is 2. The SMILES string of the molecule is CCOC(=O)/C=C(\C)Nc1nc2c(c(C(=O)OC)c1C#N)CCCC2. The van der Waals surface area contributed by atoms with E-state index < -0.39 is 11.9 Å². The van der Waals surface area contributed by atoms with Gasteiger partial charge in [-0.1, -0.05) is 0 Å². The Hall–Kier alpha value is -2.88. The number of methoxy groups -OCH3 is 1. The number of aryl methyl sites for hydroxylation is 1. The largest absolute Gasteiger partial charge is 0.465 e. The number of nitrogens with zero attached hydrogens (tertiary/aromatic N) is 2. The zero-order valence-electron chi connectivity index (χ0n) is 14.6. The summed E-state index contributed by atoms with van der Waals surface area (Å²) in [6.07, 6.45) is 4.63. The smallest absolute Gasteiger partial charge is 0.339 e. The van der Waals surface area contributed by atoms with Crippen LogP contribution in [0, 0.1) is 11.3 Å². The van der Waals surface area contributed by atoms with E-state index >= 15 is 0 Å². The molecule has 1 N–H and O–H groups in total. The Bertz CT molecular complexity index is 763. The first-order valence-corrected chi connectivity index (χ1v) is 8.18. The summed E-state index contributed by atoms with van der Waals surface area (Å²) in [5, 5.41) is 12.5. The molecule has 25 heavy (non-hydrogen) atoms. The van der Waals surface area contributed by atoms with Crippen LogP contribution < -0.4 is 5.32 Å². The summed E-state index contributed by atoms with van der Waals surface area (Å²) in [4.78, 5) is 28.3. The highest BCUT2D eigenvalue weighted by atomic mass is 16.5. The number of hydrogen-bond acceptors (Lipinski definition) is 7. The molecule has 1 heterocycles. The molecule has 1 aliphatic rings. The van der Waals surface area contributed by atoms with Crippen LogP contribution in [0.25, 0.3) is 0 Å². The first-order valence-electron chi connectivity index (χ1n) is 8.18. The fourth-order valence-electron chi connectivity index (χ4n) is 2.85. The molecule has 2 rings (SSSR count). The van der Waals surface area contributed by atoms with Gasteiger partial charge in [-0.25, -0.2) is 14.6 Å². The van der Waals surface area contributed by atoms with Crippen molar-refractivity contribution in [2.45, 2.75) is 39.5 Å². The predicted octanol–water partition coefficient (Wildman–Crippen LogP) is 2.50. The van der Waals surface area contributed by atoms with E-state index in [0.29, 0.717) is 12.1 Å². The molecule has 1 aliphatic carbocycles. The highest BCUT2D eigenvalue weighted by Crippen LogP contribution is 2.30. The number of fused-ring (bicyclic) bond motifs is 1. The van der Waals surface area contributed by atoms with E-state index in [-0.39, 0.29) is 23.6 Å². The van der Waals surface area contributed by atoms with Crippen molar-refractivity contribution in [1.29, 1.82) is 5.26 Å². The molecule has 0 fully saturated rings. The van der Waals surface area contributed by atoms with Gasteiger partial charge in [0.25, 0.3) is 0 Å². The second-order valence-corrected chi connectivity index (χ2v) is 5.65. The van der Waals surface area contributed by atoms with Crippen LogP contribution in [-0.4, -0.2) is 30.6 Å². The minimum absolute atomic E-state index is 0.129. The Balaban J connectivity index is 2.49. The van der Waals surface area contributed by atoms with Crippen molar-refractivity contribution < 1.29 is 19.1 Å². The lowest BCUT2D eigenvalue weighted by molar-refractivity contribution is -0.137. The van der Waals surface area contributed by atoms with Crippen LogP contribution in [0.5, 0.6) is 0 Å². The molecule has 0 saturated carbocycles. The second-order valence-electron chi connectivity index (χ2n) is 5.65. The first-order chi connectivity index (χ1) is 12.0. The van der Waals surface area contributed by atoms with Crippen LogP contribution in [0.2, 0.25) is 0 Å². The minimum Gasteiger partial charge on any atom is -0.465 e. The summed E-state index contributed by atoms with van der Waals surface area (Å²) in [6.45, 7) is 3.66. The van der Waals surface area contributed by atoms with E-state index in [1.54, 1.807) is 13.8 Å². The number of carbonyl (C=O) groups excluding carboxylic acids is 2. The molecule has 0 unspecified atom stereocenters. The summed E-state index contributed by atoms with van der Waals surface area (Å²) in [5.41, 5.74) is 2.43. The van der Waals surface area contributed by atoms with Crippen LogP contribution >= 0.6 is 0 Å². The van der Waals surface area contributed by atoms with Gasteiger partial charge in [-0.3, -0.25) is 0 Å². The lowest BCUT2D eigenvalue weighted by Gasteiger charge is -2.21. The standard InChI is InChI=1S/C18H21N3O4/c1-4-25-15(22)9-11(2)20-17-13(10-19)16(18(23)24-3)12-7-5-6-8-14(12)21-17/h9H,4-8H2,1-3H3,(H,20,21)/b11-9+. The molecular weight excluding hydrogens is 322 g/mol. The third kappa shape index (κ3) is 4.15. The van der Waals surface area contributed by atoms with E-state index in [4.69, 9.17) is 9.47 Å². The van der Waals surface area contributed by atoms with E-state index in [1.165, 1.54) is 13.2 Å². The Morgan fingerprint density at radius 1 is 1.36 bits per heavy atom. The Kier molecular flexibility index (Phi) is 6.12.